The van der Waals surface area contributed by atoms with E-state index in [4.69, 9.17) is 4.74 Å². The highest BCUT2D eigenvalue weighted by molar-refractivity contribution is 5.95. The van der Waals surface area contributed by atoms with E-state index < -0.39 is 6.67 Å². The second kappa shape index (κ2) is 10.8. The molecule has 2 saturated heterocycles. The molecule has 2 aliphatic rings. The van der Waals surface area contributed by atoms with Crippen molar-refractivity contribution in [3.8, 4) is 11.3 Å². The number of anilines is 4. The molecule has 0 saturated carbocycles. The Hall–Kier alpha value is -3.56. The lowest BCUT2D eigenvalue weighted by Gasteiger charge is -2.30. The summed E-state index contributed by atoms with van der Waals surface area (Å²) in [5.74, 6) is 0.423. The molecule has 0 radical (unpaired) electrons. The molecule has 0 spiro atoms. The van der Waals surface area contributed by atoms with Crippen LogP contribution < -0.4 is 20.9 Å². The number of halogens is 1. The standard InChI is InChI=1S/C26H29FN6O2/c27-17-19-16-21(7-8-24(19)33-12-14-35-15-13-33)31-26-29-11-9-22(32-26)18-3-5-20(6-4-18)30-25(34)23-2-1-10-28-23/h3-9,11,16,23,28H,1-2,10,12-15,17H2,(H,30,34)(H,29,31,32)/t23-/m1/s1. The Balaban J connectivity index is 1.27. The zero-order valence-corrected chi connectivity index (χ0v) is 19.5. The molecular weight excluding hydrogens is 447 g/mol. The number of morpholine rings is 1. The average molecular weight is 477 g/mol. The van der Waals surface area contributed by atoms with Crippen LogP contribution in [0.5, 0.6) is 0 Å². The fourth-order valence-electron chi connectivity index (χ4n) is 4.45. The molecule has 3 heterocycles. The van der Waals surface area contributed by atoms with Crippen molar-refractivity contribution in [2.75, 3.05) is 48.4 Å². The fraction of sp³-hybridized carbons (Fsp3) is 0.346. The summed E-state index contributed by atoms with van der Waals surface area (Å²) in [6.07, 6.45) is 3.57. The molecule has 8 nitrogen and oxygen atoms in total. The summed E-state index contributed by atoms with van der Waals surface area (Å²) < 4.78 is 19.2. The summed E-state index contributed by atoms with van der Waals surface area (Å²) in [5, 5.41) is 9.35. The van der Waals surface area contributed by atoms with Crippen molar-refractivity contribution in [2.24, 2.45) is 0 Å². The van der Waals surface area contributed by atoms with Gasteiger partial charge in [0.15, 0.2) is 0 Å². The quantitative estimate of drug-likeness (QED) is 0.477. The predicted octanol–water partition coefficient (Wildman–Crippen LogP) is 3.88. The van der Waals surface area contributed by atoms with E-state index in [-0.39, 0.29) is 11.9 Å². The normalized spacial score (nSPS) is 17.9. The van der Waals surface area contributed by atoms with E-state index >= 15 is 0 Å². The molecule has 2 fully saturated rings. The van der Waals surface area contributed by atoms with Crippen molar-refractivity contribution < 1.29 is 13.9 Å². The highest BCUT2D eigenvalue weighted by atomic mass is 19.1. The number of aromatic nitrogens is 2. The maximum atomic E-state index is 13.8. The lowest BCUT2D eigenvalue weighted by molar-refractivity contribution is -0.117. The Bertz CT molecular complexity index is 1160. The molecule has 0 aliphatic carbocycles. The second-order valence-corrected chi connectivity index (χ2v) is 8.68. The van der Waals surface area contributed by atoms with Crippen molar-refractivity contribution >= 4 is 28.9 Å². The Morgan fingerprint density at radius 1 is 1.11 bits per heavy atom. The number of hydrogen-bond acceptors (Lipinski definition) is 7. The molecule has 35 heavy (non-hydrogen) atoms. The molecule has 182 valence electrons. The average Bonchev–Trinajstić information content (AvgIpc) is 3.45. The number of carbonyl (C=O) groups excluding carboxylic acids is 1. The van der Waals surface area contributed by atoms with E-state index in [0.717, 1.165) is 60.8 Å². The third-order valence-corrected chi connectivity index (χ3v) is 6.31. The number of nitrogens with zero attached hydrogens (tertiary/aromatic N) is 3. The van der Waals surface area contributed by atoms with Gasteiger partial charge in [-0.2, -0.15) is 0 Å². The van der Waals surface area contributed by atoms with Crippen molar-refractivity contribution in [1.82, 2.24) is 15.3 Å². The summed E-state index contributed by atoms with van der Waals surface area (Å²) in [6, 6.07) is 14.9. The van der Waals surface area contributed by atoms with Crippen LogP contribution >= 0.6 is 0 Å². The first-order valence-electron chi connectivity index (χ1n) is 12.0. The first-order chi connectivity index (χ1) is 17.2. The summed E-state index contributed by atoms with van der Waals surface area (Å²) in [4.78, 5) is 23.4. The summed E-state index contributed by atoms with van der Waals surface area (Å²) in [7, 11) is 0. The molecule has 9 heteroatoms. The van der Waals surface area contributed by atoms with E-state index in [1.807, 2.05) is 42.5 Å². The van der Waals surface area contributed by atoms with Gasteiger partial charge in [0.2, 0.25) is 11.9 Å². The minimum absolute atomic E-state index is 0.00365. The van der Waals surface area contributed by atoms with Crippen LogP contribution in [0.3, 0.4) is 0 Å². The highest BCUT2D eigenvalue weighted by Crippen LogP contribution is 2.28. The van der Waals surface area contributed by atoms with E-state index in [1.54, 1.807) is 12.3 Å². The lowest BCUT2D eigenvalue weighted by Crippen LogP contribution is -2.36. The number of carbonyl (C=O) groups is 1. The monoisotopic (exact) mass is 476 g/mol. The number of ether oxygens (including phenoxy) is 1. The van der Waals surface area contributed by atoms with Gasteiger partial charge in [-0.1, -0.05) is 12.1 Å². The molecule has 3 aromatic rings. The minimum Gasteiger partial charge on any atom is -0.378 e. The van der Waals surface area contributed by atoms with Gasteiger partial charge >= 0.3 is 0 Å². The van der Waals surface area contributed by atoms with Crippen LogP contribution in [0.1, 0.15) is 18.4 Å². The third-order valence-electron chi connectivity index (χ3n) is 6.31. The maximum absolute atomic E-state index is 13.8. The van der Waals surface area contributed by atoms with Crippen LogP contribution in [0, 0.1) is 0 Å². The van der Waals surface area contributed by atoms with Crippen molar-refractivity contribution in [3.05, 3.63) is 60.3 Å². The number of amides is 1. The number of benzene rings is 2. The number of nitrogens with one attached hydrogen (secondary N) is 3. The maximum Gasteiger partial charge on any atom is 0.241 e. The van der Waals surface area contributed by atoms with Crippen LogP contribution in [-0.2, 0) is 16.2 Å². The van der Waals surface area contributed by atoms with E-state index in [0.29, 0.717) is 24.7 Å². The van der Waals surface area contributed by atoms with E-state index in [2.05, 4.69) is 30.8 Å². The van der Waals surface area contributed by atoms with Gasteiger partial charge < -0.3 is 25.6 Å². The molecular formula is C26H29FN6O2. The van der Waals surface area contributed by atoms with Gasteiger partial charge in [0.05, 0.1) is 24.9 Å². The first kappa shape index (κ1) is 23.2. The highest BCUT2D eigenvalue weighted by Gasteiger charge is 2.22. The Morgan fingerprint density at radius 2 is 1.91 bits per heavy atom. The SMILES string of the molecule is O=C(Nc1ccc(-c2ccnc(Nc3ccc(N4CCOCC4)c(CF)c3)n2)cc1)[C@H]1CCCN1. The van der Waals surface area contributed by atoms with Crippen molar-refractivity contribution in [2.45, 2.75) is 25.6 Å². The molecule has 5 rings (SSSR count). The van der Waals surface area contributed by atoms with Crippen LogP contribution in [0.4, 0.5) is 27.4 Å². The van der Waals surface area contributed by atoms with Gasteiger partial charge in [0.1, 0.15) is 6.67 Å². The second-order valence-electron chi connectivity index (χ2n) is 8.68. The molecule has 0 bridgehead atoms. The zero-order chi connectivity index (χ0) is 24.0. The van der Waals surface area contributed by atoms with Crippen molar-refractivity contribution in [3.63, 3.8) is 0 Å². The molecule has 0 unspecified atom stereocenters. The molecule has 2 aliphatic heterocycles. The van der Waals surface area contributed by atoms with Gasteiger partial charge in [-0.05, 0) is 55.8 Å². The summed E-state index contributed by atoms with van der Waals surface area (Å²) in [6.45, 7) is 3.14. The predicted molar refractivity (Wildman–Crippen MR) is 135 cm³/mol. The van der Waals surface area contributed by atoms with Gasteiger partial charge in [-0.15, -0.1) is 0 Å². The van der Waals surface area contributed by atoms with E-state index in [9.17, 15) is 9.18 Å². The molecule has 3 N–H and O–H groups in total. The Labute approximate surface area is 203 Å². The number of hydrogen-bond donors (Lipinski definition) is 3. The Kier molecular flexibility index (Phi) is 7.15. The zero-order valence-electron chi connectivity index (χ0n) is 19.5. The van der Waals surface area contributed by atoms with Gasteiger partial charge in [0, 0.05) is 47.5 Å². The Morgan fingerprint density at radius 3 is 2.66 bits per heavy atom. The number of alkyl halides is 1. The first-order valence-corrected chi connectivity index (χ1v) is 12.0. The summed E-state index contributed by atoms with van der Waals surface area (Å²) >= 11 is 0. The molecule has 1 amide bonds. The topological polar surface area (TPSA) is 91.4 Å². The van der Waals surface area contributed by atoms with Crippen LogP contribution in [-0.4, -0.2) is 54.8 Å². The van der Waals surface area contributed by atoms with Crippen molar-refractivity contribution in [1.29, 1.82) is 0 Å². The molecule has 2 aromatic carbocycles. The molecule has 1 atom stereocenters. The fourth-order valence-corrected chi connectivity index (χ4v) is 4.45. The summed E-state index contributed by atoms with van der Waals surface area (Å²) in [5.41, 5.74) is 4.64. The third kappa shape index (κ3) is 5.58. The minimum atomic E-state index is -0.553. The van der Waals surface area contributed by atoms with Crippen LogP contribution in [0.25, 0.3) is 11.3 Å². The van der Waals surface area contributed by atoms with E-state index in [1.165, 1.54) is 0 Å². The van der Waals surface area contributed by atoms with Crippen LogP contribution in [0.15, 0.2) is 54.7 Å². The molecule has 1 aromatic heterocycles. The largest absolute Gasteiger partial charge is 0.378 e. The smallest absolute Gasteiger partial charge is 0.241 e. The van der Waals surface area contributed by atoms with Gasteiger partial charge in [0.25, 0.3) is 0 Å². The van der Waals surface area contributed by atoms with Crippen LogP contribution in [0.2, 0.25) is 0 Å². The number of rotatable bonds is 7. The lowest BCUT2D eigenvalue weighted by atomic mass is 10.1. The van der Waals surface area contributed by atoms with Gasteiger partial charge in [-0.25, -0.2) is 14.4 Å². The van der Waals surface area contributed by atoms with Gasteiger partial charge in [-0.3, -0.25) is 4.79 Å².